The summed E-state index contributed by atoms with van der Waals surface area (Å²) in [6.45, 7) is -1.78. The zero-order valence-electron chi connectivity index (χ0n) is 9.93. The van der Waals surface area contributed by atoms with Gasteiger partial charge in [-0.25, -0.2) is 13.6 Å². The predicted molar refractivity (Wildman–Crippen MR) is 64.0 cm³/mol. The van der Waals surface area contributed by atoms with Crippen molar-refractivity contribution in [3.05, 3.63) is 35.9 Å². The second-order valence-electron chi connectivity index (χ2n) is 4.07. The number of sulfonamides is 1. The highest BCUT2D eigenvalue weighted by Gasteiger charge is 2.28. The van der Waals surface area contributed by atoms with Crippen molar-refractivity contribution < 1.29 is 26.3 Å². The molecule has 19 heavy (non-hydrogen) atoms. The Morgan fingerprint density at radius 2 is 1.79 bits per heavy atom. The molecule has 0 spiro atoms. The van der Waals surface area contributed by atoms with E-state index in [-0.39, 0.29) is 6.61 Å². The lowest BCUT2D eigenvalue weighted by molar-refractivity contribution is -0.174. The van der Waals surface area contributed by atoms with Gasteiger partial charge in [0.15, 0.2) is 0 Å². The second kappa shape index (κ2) is 6.36. The molecule has 0 amide bonds. The minimum Gasteiger partial charge on any atom is -0.371 e. The Labute approximate surface area is 109 Å². The molecule has 4 nitrogen and oxygen atoms in total. The zero-order valence-corrected chi connectivity index (χ0v) is 10.7. The number of benzene rings is 1. The maximum absolute atomic E-state index is 12.0. The van der Waals surface area contributed by atoms with Crippen LogP contribution in [0.4, 0.5) is 13.2 Å². The maximum Gasteiger partial charge on any atom is 0.411 e. The van der Waals surface area contributed by atoms with Crippen LogP contribution in [0.2, 0.25) is 0 Å². The Bertz CT molecular complexity index is 488. The highest BCUT2D eigenvalue weighted by atomic mass is 32.2. The van der Waals surface area contributed by atoms with Gasteiger partial charge in [0.25, 0.3) is 0 Å². The third-order valence-electron chi connectivity index (χ3n) is 2.29. The third kappa shape index (κ3) is 7.14. The first-order chi connectivity index (χ1) is 8.67. The number of hydrogen-bond donors (Lipinski definition) is 1. The summed E-state index contributed by atoms with van der Waals surface area (Å²) >= 11 is 0. The normalized spacial score (nSPS) is 14.3. The van der Waals surface area contributed by atoms with E-state index < -0.39 is 34.5 Å². The molecule has 0 aliphatic rings. The van der Waals surface area contributed by atoms with Crippen LogP contribution in [0, 0.1) is 0 Å². The van der Waals surface area contributed by atoms with Crippen LogP contribution in [0.5, 0.6) is 0 Å². The average Bonchev–Trinajstić information content (AvgIpc) is 2.25. The molecule has 0 bridgehead atoms. The predicted octanol–water partition coefficient (Wildman–Crippen LogP) is 1.64. The molecule has 1 aromatic carbocycles. The van der Waals surface area contributed by atoms with Gasteiger partial charge in [-0.15, -0.1) is 0 Å². The fourth-order valence-corrected chi connectivity index (χ4v) is 2.41. The molecule has 108 valence electrons. The minimum absolute atomic E-state index is 0.361. The van der Waals surface area contributed by atoms with Crippen molar-refractivity contribution in [1.82, 2.24) is 0 Å². The molecule has 2 N–H and O–H groups in total. The number of alkyl halides is 3. The lowest BCUT2D eigenvalue weighted by atomic mass is 10.0. The van der Waals surface area contributed by atoms with Gasteiger partial charge < -0.3 is 4.74 Å². The SMILES string of the molecule is NS(=O)(=O)CC(COCC(F)(F)F)c1ccccc1. The van der Waals surface area contributed by atoms with E-state index in [4.69, 9.17) is 5.14 Å². The summed E-state index contributed by atoms with van der Waals surface area (Å²) in [7, 11) is -3.80. The Morgan fingerprint density at radius 3 is 2.26 bits per heavy atom. The van der Waals surface area contributed by atoms with Crippen molar-refractivity contribution in [3.63, 3.8) is 0 Å². The summed E-state index contributed by atoms with van der Waals surface area (Å²) in [4.78, 5) is 0. The van der Waals surface area contributed by atoms with Crippen LogP contribution in [0.3, 0.4) is 0 Å². The van der Waals surface area contributed by atoms with Gasteiger partial charge in [0.2, 0.25) is 10.0 Å². The van der Waals surface area contributed by atoms with E-state index in [1.807, 2.05) is 0 Å². The molecule has 1 rings (SSSR count). The largest absolute Gasteiger partial charge is 0.411 e. The molecule has 0 aliphatic carbocycles. The quantitative estimate of drug-likeness (QED) is 0.867. The standard InChI is InChI=1S/C11H14F3NO3S/c12-11(13,14)8-18-6-10(7-19(15,16)17)9-4-2-1-3-5-9/h1-5,10H,6-8H2,(H2,15,16,17). The summed E-state index contributed by atoms with van der Waals surface area (Å²) in [5, 5.41) is 4.93. The van der Waals surface area contributed by atoms with Crippen LogP contribution in [0.1, 0.15) is 11.5 Å². The fraction of sp³-hybridized carbons (Fsp3) is 0.455. The number of halogens is 3. The van der Waals surface area contributed by atoms with E-state index in [1.165, 1.54) is 0 Å². The monoisotopic (exact) mass is 297 g/mol. The second-order valence-corrected chi connectivity index (χ2v) is 5.73. The van der Waals surface area contributed by atoms with E-state index in [0.717, 1.165) is 0 Å². The van der Waals surface area contributed by atoms with Gasteiger partial charge >= 0.3 is 6.18 Å². The number of ether oxygens (including phenoxy) is 1. The first kappa shape index (κ1) is 15.9. The summed E-state index contributed by atoms with van der Waals surface area (Å²) in [5.41, 5.74) is 0.568. The van der Waals surface area contributed by atoms with Crippen LogP contribution < -0.4 is 5.14 Å². The molecule has 0 fully saturated rings. The van der Waals surface area contributed by atoms with Crippen molar-refractivity contribution in [3.8, 4) is 0 Å². The van der Waals surface area contributed by atoms with Gasteiger partial charge in [-0.3, -0.25) is 0 Å². The van der Waals surface area contributed by atoms with E-state index in [2.05, 4.69) is 4.74 Å². The van der Waals surface area contributed by atoms with E-state index in [1.54, 1.807) is 30.3 Å². The van der Waals surface area contributed by atoms with Crippen molar-refractivity contribution in [2.75, 3.05) is 19.0 Å². The molecular formula is C11H14F3NO3S. The van der Waals surface area contributed by atoms with Crippen molar-refractivity contribution in [2.45, 2.75) is 12.1 Å². The number of hydrogen-bond acceptors (Lipinski definition) is 3. The average molecular weight is 297 g/mol. The van der Waals surface area contributed by atoms with Gasteiger partial charge in [-0.2, -0.15) is 13.2 Å². The van der Waals surface area contributed by atoms with Gasteiger partial charge in [0.1, 0.15) is 6.61 Å². The Balaban J connectivity index is 2.71. The van der Waals surface area contributed by atoms with Gasteiger partial charge in [0, 0.05) is 5.92 Å². The van der Waals surface area contributed by atoms with Crippen LogP contribution in [0.25, 0.3) is 0 Å². The number of nitrogens with two attached hydrogens (primary N) is 1. The summed E-state index contributed by atoms with van der Waals surface area (Å²) in [6, 6.07) is 8.28. The fourth-order valence-electron chi connectivity index (χ4n) is 1.56. The van der Waals surface area contributed by atoms with Gasteiger partial charge in [0.05, 0.1) is 12.4 Å². The highest BCUT2D eigenvalue weighted by Crippen LogP contribution is 2.20. The molecule has 0 aliphatic heterocycles. The first-order valence-electron chi connectivity index (χ1n) is 5.37. The third-order valence-corrected chi connectivity index (χ3v) is 3.16. The molecule has 8 heteroatoms. The van der Waals surface area contributed by atoms with Crippen molar-refractivity contribution >= 4 is 10.0 Å². The molecule has 0 heterocycles. The van der Waals surface area contributed by atoms with Crippen LogP contribution in [-0.4, -0.2) is 33.6 Å². The van der Waals surface area contributed by atoms with Gasteiger partial charge in [-0.1, -0.05) is 30.3 Å². The summed E-state index contributed by atoms with van der Waals surface area (Å²) in [5.74, 6) is -1.19. The summed E-state index contributed by atoms with van der Waals surface area (Å²) < 4.78 is 62.6. The molecule has 0 radical (unpaired) electrons. The zero-order chi connectivity index (χ0) is 14.5. The molecule has 0 saturated carbocycles. The smallest absolute Gasteiger partial charge is 0.371 e. The van der Waals surface area contributed by atoms with E-state index in [9.17, 15) is 21.6 Å². The summed E-state index contributed by atoms with van der Waals surface area (Å²) in [6.07, 6.45) is -4.44. The molecule has 1 unspecified atom stereocenters. The lowest BCUT2D eigenvalue weighted by Crippen LogP contribution is -2.26. The van der Waals surface area contributed by atoms with E-state index >= 15 is 0 Å². The highest BCUT2D eigenvalue weighted by molar-refractivity contribution is 7.89. The first-order valence-corrected chi connectivity index (χ1v) is 7.09. The minimum atomic E-state index is -4.44. The molecule has 0 aromatic heterocycles. The Hall–Kier alpha value is -1.12. The molecule has 0 saturated heterocycles. The topological polar surface area (TPSA) is 69.4 Å². The molecule has 1 atom stereocenters. The van der Waals surface area contributed by atoms with Crippen LogP contribution in [-0.2, 0) is 14.8 Å². The van der Waals surface area contributed by atoms with Crippen LogP contribution >= 0.6 is 0 Å². The lowest BCUT2D eigenvalue weighted by Gasteiger charge is -2.17. The number of rotatable bonds is 6. The Kier molecular flexibility index (Phi) is 5.33. The van der Waals surface area contributed by atoms with E-state index in [0.29, 0.717) is 5.56 Å². The van der Waals surface area contributed by atoms with Crippen molar-refractivity contribution in [1.29, 1.82) is 0 Å². The maximum atomic E-state index is 12.0. The molecular weight excluding hydrogens is 283 g/mol. The van der Waals surface area contributed by atoms with Gasteiger partial charge in [-0.05, 0) is 5.56 Å². The van der Waals surface area contributed by atoms with Crippen LogP contribution in [0.15, 0.2) is 30.3 Å². The number of primary sulfonamides is 1. The molecule has 1 aromatic rings. The Morgan fingerprint density at radius 1 is 1.21 bits per heavy atom. The van der Waals surface area contributed by atoms with Crippen molar-refractivity contribution in [2.24, 2.45) is 5.14 Å².